The summed E-state index contributed by atoms with van der Waals surface area (Å²) in [5, 5.41) is 0.653. The molecule has 1 aromatic carbocycles. The highest BCUT2D eigenvalue weighted by atomic mass is 35.5. The quantitative estimate of drug-likeness (QED) is 0.856. The lowest BCUT2D eigenvalue weighted by Crippen LogP contribution is -2.37. The van der Waals surface area contributed by atoms with E-state index in [4.69, 9.17) is 21.1 Å². The molecule has 0 atom stereocenters. The number of anilines is 1. The van der Waals surface area contributed by atoms with Crippen molar-refractivity contribution in [3.63, 3.8) is 0 Å². The van der Waals surface area contributed by atoms with Crippen LogP contribution in [0, 0.1) is 13.8 Å². The maximum absolute atomic E-state index is 11.9. The molecule has 0 aliphatic carbocycles. The molecule has 0 radical (unpaired) electrons. The minimum atomic E-state index is -0.360. The van der Waals surface area contributed by atoms with E-state index in [1.807, 2.05) is 26.0 Å². The van der Waals surface area contributed by atoms with E-state index in [-0.39, 0.29) is 12.2 Å². The number of amides is 1. The second kappa shape index (κ2) is 5.90. The van der Waals surface area contributed by atoms with Crippen molar-refractivity contribution in [2.45, 2.75) is 27.1 Å². The van der Waals surface area contributed by atoms with Gasteiger partial charge < -0.3 is 14.4 Å². The molecule has 1 fully saturated rings. The summed E-state index contributed by atoms with van der Waals surface area (Å²) in [5.74, 6) is -0.0485. The van der Waals surface area contributed by atoms with Gasteiger partial charge in [0.2, 0.25) is 5.91 Å². The Kier molecular flexibility index (Phi) is 4.45. The van der Waals surface area contributed by atoms with Crippen LogP contribution in [-0.4, -0.2) is 32.0 Å². The molecule has 1 heterocycles. The first-order valence-electron chi connectivity index (χ1n) is 6.27. The fourth-order valence-corrected chi connectivity index (χ4v) is 2.42. The van der Waals surface area contributed by atoms with Crippen LogP contribution in [0.5, 0.6) is 0 Å². The molecule has 0 aromatic heterocycles. The average Bonchev–Trinajstić information content (AvgIpc) is 2.86. The third-order valence-electron chi connectivity index (χ3n) is 3.24. The summed E-state index contributed by atoms with van der Waals surface area (Å²) >= 11 is 6.15. The van der Waals surface area contributed by atoms with Crippen molar-refractivity contribution >= 4 is 23.2 Å². The Morgan fingerprint density at radius 2 is 2.00 bits per heavy atom. The molecule has 0 N–H and O–H groups in total. The number of hydrogen-bond donors (Lipinski definition) is 0. The fraction of sp³-hybridized carbons (Fsp3) is 0.500. The normalized spacial score (nSPS) is 15.8. The molecule has 19 heavy (non-hydrogen) atoms. The van der Waals surface area contributed by atoms with E-state index in [1.54, 1.807) is 4.90 Å². The van der Waals surface area contributed by atoms with Gasteiger partial charge in [-0.2, -0.15) is 0 Å². The van der Waals surface area contributed by atoms with Crippen LogP contribution in [0.3, 0.4) is 0 Å². The number of aryl methyl sites for hydroxylation is 1. The largest absolute Gasteiger partial charge is 0.348 e. The highest BCUT2D eigenvalue weighted by Crippen LogP contribution is 2.31. The smallest absolute Gasteiger partial charge is 0.224 e. The predicted molar refractivity (Wildman–Crippen MR) is 74.6 cm³/mol. The molecule has 1 saturated heterocycles. The Balaban J connectivity index is 2.33. The maximum atomic E-state index is 11.9. The topological polar surface area (TPSA) is 38.8 Å². The lowest BCUT2D eigenvalue weighted by molar-refractivity contribution is -0.118. The lowest BCUT2D eigenvalue weighted by atomic mass is 10.1. The van der Waals surface area contributed by atoms with Crippen molar-refractivity contribution < 1.29 is 14.3 Å². The van der Waals surface area contributed by atoms with Gasteiger partial charge >= 0.3 is 0 Å². The average molecular weight is 284 g/mol. The second-order valence-corrected chi connectivity index (χ2v) is 5.05. The van der Waals surface area contributed by atoms with Crippen molar-refractivity contribution in [1.82, 2.24) is 0 Å². The van der Waals surface area contributed by atoms with Crippen LogP contribution in [-0.2, 0) is 14.3 Å². The molecule has 0 spiro atoms. The summed E-state index contributed by atoms with van der Waals surface area (Å²) in [6.45, 7) is 6.95. The summed E-state index contributed by atoms with van der Waals surface area (Å²) in [6, 6.07) is 3.76. The Labute approximate surface area is 118 Å². The molecule has 1 aliphatic heterocycles. The molecule has 104 valence electrons. The van der Waals surface area contributed by atoms with E-state index in [2.05, 4.69) is 0 Å². The SMILES string of the molecule is CC(=O)N(CC1OCCO1)c1c(C)ccc(Cl)c1C. The first-order valence-corrected chi connectivity index (χ1v) is 6.65. The third-order valence-corrected chi connectivity index (χ3v) is 3.65. The molecule has 1 amide bonds. The minimum absolute atomic E-state index is 0.0485. The number of halogens is 1. The zero-order chi connectivity index (χ0) is 14.0. The Morgan fingerprint density at radius 3 is 2.58 bits per heavy atom. The van der Waals surface area contributed by atoms with Crippen molar-refractivity contribution in [2.24, 2.45) is 0 Å². The second-order valence-electron chi connectivity index (χ2n) is 4.64. The maximum Gasteiger partial charge on any atom is 0.224 e. The van der Waals surface area contributed by atoms with Gasteiger partial charge in [-0.05, 0) is 31.0 Å². The molecular weight excluding hydrogens is 266 g/mol. The van der Waals surface area contributed by atoms with E-state index in [0.717, 1.165) is 16.8 Å². The van der Waals surface area contributed by atoms with Crippen LogP contribution in [0.1, 0.15) is 18.1 Å². The van der Waals surface area contributed by atoms with Gasteiger partial charge in [-0.15, -0.1) is 0 Å². The first kappa shape index (κ1) is 14.3. The molecular formula is C14H18ClNO3. The summed E-state index contributed by atoms with van der Waals surface area (Å²) in [5.41, 5.74) is 2.75. The van der Waals surface area contributed by atoms with Crippen LogP contribution in [0.15, 0.2) is 12.1 Å². The summed E-state index contributed by atoms with van der Waals surface area (Å²) in [7, 11) is 0. The van der Waals surface area contributed by atoms with Crippen LogP contribution in [0.25, 0.3) is 0 Å². The molecule has 1 aliphatic rings. The number of hydrogen-bond acceptors (Lipinski definition) is 3. The van der Waals surface area contributed by atoms with Gasteiger partial charge in [-0.1, -0.05) is 17.7 Å². The standard InChI is InChI=1S/C14H18ClNO3/c1-9-4-5-12(15)10(2)14(9)16(11(3)17)8-13-18-6-7-19-13/h4-5,13H,6-8H2,1-3H3. The number of rotatable bonds is 3. The van der Waals surface area contributed by atoms with Crippen LogP contribution >= 0.6 is 11.6 Å². The number of benzene rings is 1. The Bertz CT molecular complexity index is 484. The van der Waals surface area contributed by atoms with Gasteiger partial charge in [0.1, 0.15) is 0 Å². The third kappa shape index (κ3) is 3.08. The summed E-state index contributed by atoms with van der Waals surface area (Å²) < 4.78 is 10.8. The number of carbonyl (C=O) groups excluding carboxylic acids is 1. The van der Waals surface area contributed by atoms with Gasteiger partial charge in [0.15, 0.2) is 6.29 Å². The van der Waals surface area contributed by atoms with Crippen LogP contribution in [0.4, 0.5) is 5.69 Å². The van der Waals surface area contributed by atoms with Crippen molar-refractivity contribution in [1.29, 1.82) is 0 Å². The zero-order valence-electron chi connectivity index (χ0n) is 11.4. The molecule has 1 aromatic rings. The zero-order valence-corrected chi connectivity index (χ0v) is 12.2. The van der Waals surface area contributed by atoms with E-state index in [1.165, 1.54) is 6.92 Å². The predicted octanol–water partition coefficient (Wildman–Crippen LogP) is 2.68. The Hall–Kier alpha value is -1.10. The molecule has 0 saturated carbocycles. The highest BCUT2D eigenvalue weighted by Gasteiger charge is 2.25. The van der Waals surface area contributed by atoms with Gasteiger partial charge in [0.25, 0.3) is 0 Å². The lowest BCUT2D eigenvalue weighted by Gasteiger charge is -2.27. The van der Waals surface area contributed by atoms with Crippen molar-refractivity contribution in [3.8, 4) is 0 Å². The van der Waals surface area contributed by atoms with Crippen molar-refractivity contribution in [2.75, 3.05) is 24.7 Å². The summed E-state index contributed by atoms with van der Waals surface area (Å²) in [4.78, 5) is 13.6. The van der Waals surface area contributed by atoms with Gasteiger partial charge in [-0.3, -0.25) is 4.79 Å². The Morgan fingerprint density at radius 1 is 1.37 bits per heavy atom. The van der Waals surface area contributed by atoms with Crippen LogP contribution < -0.4 is 4.90 Å². The highest BCUT2D eigenvalue weighted by molar-refractivity contribution is 6.31. The minimum Gasteiger partial charge on any atom is -0.348 e. The molecule has 4 nitrogen and oxygen atoms in total. The molecule has 5 heteroatoms. The van der Waals surface area contributed by atoms with E-state index < -0.39 is 0 Å². The van der Waals surface area contributed by atoms with Gasteiger partial charge in [-0.25, -0.2) is 0 Å². The summed E-state index contributed by atoms with van der Waals surface area (Å²) in [6.07, 6.45) is -0.360. The first-order chi connectivity index (χ1) is 9.00. The monoisotopic (exact) mass is 283 g/mol. The van der Waals surface area contributed by atoms with Gasteiger partial charge in [0.05, 0.1) is 25.4 Å². The van der Waals surface area contributed by atoms with Gasteiger partial charge in [0, 0.05) is 11.9 Å². The fourth-order valence-electron chi connectivity index (χ4n) is 2.27. The molecule has 0 unspecified atom stereocenters. The van der Waals surface area contributed by atoms with E-state index in [0.29, 0.717) is 24.8 Å². The molecule has 2 rings (SSSR count). The molecule has 0 bridgehead atoms. The number of ether oxygens (including phenoxy) is 2. The number of carbonyl (C=O) groups is 1. The van der Waals surface area contributed by atoms with Crippen molar-refractivity contribution in [3.05, 3.63) is 28.3 Å². The van der Waals surface area contributed by atoms with Crippen LogP contribution in [0.2, 0.25) is 5.02 Å². The van der Waals surface area contributed by atoms with E-state index >= 15 is 0 Å². The van der Waals surface area contributed by atoms with E-state index in [9.17, 15) is 4.79 Å². The number of nitrogens with zero attached hydrogens (tertiary/aromatic N) is 1.